The van der Waals surface area contributed by atoms with E-state index in [1.165, 1.54) is 10.7 Å². The van der Waals surface area contributed by atoms with Gasteiger partial charge in [-0.2, -0.15) is 5.10 Å². The fourth-order valence-electron chi connectivity index (χ4n) is 1.66. The minimum Gasteiger partial charge on any atom is -0.496 e. The zero-order valence-corrected chi connectivity index (χ0v) is 9.54. The van der Waals surface area contributed by atoms with Crippen LogP contribution in [0.1, 0.15) is 10.5 Å². The zero-order chi connectivity index (χ0) is 12.4. The molecule has 17 heavy (non-hydrogen) atoms. The first-order chi connectivity index (χ1) is 8.13. The maximum absolute atomic E-state index is 10.9. The van der Waals surface area contributed by atoms with Gasteiger partial charge in [0.05, 0.1) is 12.8 Å². The molecule has 0 atom stereocenters. The molecule has 0 aliphatic heterocycles. The summed E-state index contributed by atoms with van der Waals surface area (Å²) in [4.78, 5) is 10.9. The number of aromatic carboxylic acids is 1. The van der Waals surface area contributed by atoms with Crippen molar-refractivity contribution in [2.75, 3.05) is 7.11 Å². The van der Waals surface area contributed by atoms with Crippen LogP contribution in [-0.2, 0) is 7.05 Å². The maximum atomic E-state index is 10.9. The Hall–Kier alpha value is -2.30. The summed E-state index contributed by atoms with van der Waals surface area (Å²) < 4.78 is 6.55. The van der Waals surface area contributed by atoms with Gasteiger partial charge < -0.3 is 9.84 Å². The summed E-state index contributed by atoms with van der Waals surface area (Å²) in [5.41, 5.74) is 1.51. The highest BCUT2D eigenvalue weighted by Crippen LogP contribution is 2.28. The lowest BCUT2D eigenvalue weighted by atomic mass is 10.1. The van der Waals surface area contributed by atoms with Crippen molar-refractivity contribution in [3.63, 3.8) is 0 Å². The quantitative estimate of drug-likeness (QED) is 0.876. The van der Waals surface area contributed by atoms with Crippen molar-refractivity contribution in [2.24, 2.45) is 7.05 Å². The molecule has 0 aliphatic rings. The highest BCUT2D eigenvalue weighted by Gasteiger charge is 2.14. The molecule has 2 aromatic rings. The first-order valence-corrected chi connectivity index (χ1v) is 5.04. The summed E-state index contributed by atoms with van der Waals surface area (Å²) in [6.45, 7) is 0. The van der Waals surface area contributed by atoms with Gasteiger partial charge in [-0.3, -0.25) is 4.68 Å². The van der Waals surface area contributed by atoms with Gasteiger partial charge in [0.15, 0.2) is 0 Å². The van der Waals surface area contributed by atoms with Gasteiger partial charge in [0.25, 0.3) is 0 Å². The van der Waals surface area contributed by atoms with E-state index in [0.29, 0.717) is 11.4 Å². The van der Waals surface area contributed by atoms with Crippen LogP contribution in [0.4, 0.5) is 0 Å². The van der Waals surface area contributed by atoms with Crippen molar-refractivity contribution < 1.29 is 14.6 Å². The fourth-order valence-corrected chi connectivity index (χ4v) is 1.66. The molecule has 0 unspecified atom stereocenters. The maximum Gasteiger partial charge on any atom is 0.354 e. The molecule has 1 aromatic carbocycles. The predicted octanol–water partition coefficient (Wildman–Crippen LogP) is 1.79. The number of aryl methyl sites for hydroxylation is 1. The highest BCUT2D eigenvalue weighted by molar-refractivity contribution is 5.87. The van der Waals surface area contributed by atoms with Crippen molar-refractivity contribution in [3.8, 4) is 17.0 Å². The number of para-hydroxylation sites is 1. The standard InChI is InChI=1S/C12H12N2O3/c1-14-10(12(15)16)7-9(13-14)8-5-3-4-6-11(8)17-2/h3-7H,1-2H3,(H,15,16). The molecule has 0 saturated heterocycles. The molecule has 88 valence electrons. The molecule has 5 nitrogen and oxygen atoms in total. The Bertz CT molecular complexity index is 561. The third-order valence-corrected chi connectivity index (χ3v) is 2.48. The molecule has 0 spiro atoms. The first kappa shape index (κ1) is 11.2. The second kappa shape index (κ2) is 4.29. The molecule has 0 bridgehead atoms. The molecule has 5 heteroatoms. The number of ether oxygens (including phenoxy) is 1. The summed E-state index contributed by atoms with van der Waals surface area (Å²) in [7, 11) is 3.17. The van der Waals surface area contributed by atoms with Crippen LogP contribution in [-0.4, -0.2) is 28.0 Å². The molecule has 0 aliphatic carbocycles. The molecule has 0 saturated carbocycles. The third kappa shape index (κ3) is 1.99. The Kier molecular flexibility index (Phi) is 2.82. The molecule has 0 fully saturated rings. The Balaban J connectivity index is 2.53. The minimum atomic E-state index is -0.999. The number of rotatable bonds is 3. The largest absolute Gasteiger partial charge is 0.496 e. The number of hydrogen-bond donors (Lipinski definition) is 1. The molecule has 0 amide bonds. The second-order valence-electron chi connectivity index (χ2n) is 3.54. The average molecular weight is 232 g/mol. The van der Waals surface area contributed by atoms with Crippen molar-refractivity contribution in [1.82, 2.24) is 9.78 Å². The minimum absolute atomic E-state index is 0.144. The van der Waals surface area contributed by atoms with Crippen LogP contribution < -0.4 is 4.74 Å². The van der Waals surface area contributed by atoms with Crippen LogP contribution in [0.25, 0.3) is 11.3 Å². The monoisotopic (exact) mass is 232 g/mol. The van der Waals surface area contributed by atoms with Crippen LogP contribution in [0.3, 0.4) is 0 Å². The summed E-state index contributed by atoms with van der Waals surface area (Å²) >= 11 is 0. The van der Waals surface area contributed by atoms with Gasteiger partial charge >= 0.3 is 5.97 Å². The average Bonchev–Trinajstić information content (AvgIpc) is 2.71. The van der Waals surface area contributed by atoms with E-state index in [2.05, 4.69) is 5.10 Å². The van der Waals surface area contributed by atoms with E-state index in [1.54, 1.807) is 14.2 Å². The van der Waals surface area contributed by atoms with Crippen molar-refractivity contribution in [1.29, 1.82) is 0 Å². The lowest BCUT2D eigenvalue weighted by molar-refractivity contribution is 0.0685. The number of carboxylic acids is 1. The van der Waals surface area contributed by atoms with E-state index in [1.807, 2.05) is 24.3 Å². The molecule has 1 heterocycles. The Morgan fingerprint density at radius 1 is 1.41 bits per heavy atom. The molecule has 2 rings (SSSR count). The third-order valence-electron chi connectivity index (χ3n) is 2.48. The van der Waals surface area contributed by atoms with Crippen molar-refractivity contribution >= 4 is 5.97 Å². The van der Waals surface area contributed by atoms with Crippen LogP contribution in [0, 0.1) is 0 Å². The van der Waals surface area contributed by atoms with Gasteiger partial charge in [-0.1, -0.05) is 12.1 Å². The smallest absolute Gasteiger partial charge is 0.354 e. The van der Waals surface area contributed by atoms with E-state index in [0.717, 1.165) is 5.56 Å². The number of methoxy groups -OCH3 is 1. The Morgan fingerprint density at radius 3 is 2.71 bits per heavy atom. The van der Waals surface area contributed by atoms with E-state index in [9.17, 15) is 4.79 Å². The lowest BCUT2D eigenvalue weighted by Gasteiger charge is -2.04. The van der Waals surface area contributed by atoms with E-state index >= 15 is 0 Å². The predicted molar refractivity (Wildman–Crippen MR) is 62.2 cm³/mol. The molecule has 1 aromatic heterocycles. The summed E-state index contributed by atoms with van der Waals surface area (Å²) in [6, 6.07) is 8.88. The van der Waals surface area contributed by atoms with Gasteiger partial charge in [0, 0.05) is 12.6 Å². The van der Waals surface area contributed by atoms with E-state index < -0.39 is 5.97 Å². The first-order valence-electron chi connectivity index (χ1n) is 5.04. The SMILES string of the molecule is COc1ccccc1-c1cc(C(=O)O)n(C)n1. The molecular formula is C12H12N2O3. The van der Waals surface area contributed by atoms with Crippen LogP contribution in [0.2, 0.25) is 0 Å². The fraction of sp³-hybridized carbons (Fsp3) is 0.167. The number of aromatic nitrogens is 2. The summed E-state index contributed by atoms with van der Waals surface area (Å²) in [5, 5.41) is 13.1. The number of benzene rings is 1. The Morgan fingerprint density at radius 2 is 2.12 bits per heavy atom. The number of hydrogen-bond acceptors (Lipinski definition) is 3. The Labute approximate surface area is 98.3 Å². The van der Waals surface area contributed by atoms with Gasteiger partial charge in [0.2, 0.25) is 0 Å². The number of carbonyl (C=O) groups is 1. The molecule has 0 radical (unpaired) electrons. The van der Waals surface area contributed by atoms with Gasteiger partial charge in [-0.05, 0) is 18.2 Å². The number of carboxylic acid groups (broad SMARTS) is 1. The van der Waals surface area contributed by atoms with Gasteiger partial charge in [-0.25, -0.2) is 4.79 Å². The molecular weight excluding hydrogens is 220 g/mol. The van der Waals surface area contributed by atoms with Crippen LogP contribution in [0.15, 0.2) is 30.3 Å². The number of nitrogens with zero attached hydrogens (tertiary/aromatic N) is 2. The topological polar surface area (TPSA) is 64.3 Å². The van der Waals surface area contributed by atoms with E-state index in [-0.39, 0.29) is 5.69 Å². The highest BCUT2D eigenvalue weighted by atomic mass is 16.5. The van der Waals surface area contributed by atoms with Crippen molar-refractivity contribution in [3.05, 3.63) is 36.0 Å². The van der Waals surface area contributed by atoms with Crippen LogP contribution in [0.5, 0.6) is 5.75 Å². The second-order valence-corrected chi connectivity index (χ2v) is 3.54. The summed E-state index contributed by atoms with van der Waals surface area (Å²) in [5.74, 6) is -0.330. The van der Waals surface area contributed by atoms with Crippen molar-refractivity contribution in [2.45, 2.75) is 0 Å². The lowest BCUT2D eigenvalue weighted by Crippen LogP contribution is -2.04. The van der Waals surface area contributed by atoms with Gasteiger partial charge in [0.1, 0.15) is 11.4 Å². The normalized spacial score (nSPS) is 10.2. The van der Waals surface area contributed by atoms with Crippen LogP contribution >= 0.6 is 0 Å². The van der Waals surface area contributed by atoms with E-state index in [4.69, 9.17) is 9.84 Å². The zero-order valence-electron chi connectivity index (χ0n) is 9.54. The molecule has 1 N–H and O–H groups in total. The van der Waals surface area contributed by atoms with Gasteiger partial charge in [-0.15, -0.1) is 0 Å². The summed E-state index contributed by atoms with van der Waals surface area (Å²) in [6.07, 6.45) is 0.